The van der Waals surface area contributed by atoms with Gasteiger partial charge < -0.3 is 4.84 Å². The lowest BCUT2D eigenvalue weighted by molar-refractivity contribution is -0.0589. The van der Waals surface area contributed by atoms with Crippen molar-refractivity contribution in [2.45, 2.75) is 0 Å². The number of imide groups is 1. The first kappa shape index (κ1) is 13.2. The van der Waals surface area contributed by atoms with Crippen molar-refractivity contribution in [3.63, 3.8) is 0 Å². The zero-order valence-electron chi connectivity index (χ0n) is 11.7. The Kier molecular flexibility index (Phi) is 2.74. The summed E-state index contributed by atoms with van der Waals surface area (Å²) in [6.45, 7) is 0. The monoisotopic (exact) mass is 307 g/mol. The molecule has 112 valence electrons. The maximum Gasteiger partial charge on any atom is 0.382 e. The number of hydroxylamine groups is 2. The van der Waals surface area contributed by atoms with Gasteiger partial charge in [0, 0.05) is 6.20 Å². The molecule has 3 heterocycles. The van der Waals surface area contributed by atoms with Gasteiger partial charge in [0.2, 0.25) is 0 Å². The second kappa shape index (κ2) is 4.77. The molecule has 2 amide bonds. The van der Waals surface area contributed by atoms with Gasteiger partial charge in [-0.1, -0.05) is 17.2 Å². The summed E-state index contributed by atoms with van der Waals surface area (Å²) in [6.07, 6.45) is 1.52. The average molecular weight is 307 g/mol. The maximum atomic E-state index is 12.3. The summed E-state index contributed by atoms with van der Waals surface area (Å²) in [7, 11) is 0. The van der Waals surface area contributed by atoms with Crippen LogP contribution in [0.25, 0.3) is 5.52 Å². The lowest BCUT2D eigenvalue weighted by Gasteiger charge is -2.12. The van der Waals surface area contributed by atoms with E-state index in [2.05, 4.69) is 5.10 Å². The molecule has 4 rings (SSSR count). The van der Waals surface area contributed by atoms with Gasteiger partial charge in [-0.05, 0) is 36.4 Å². The number of amides is 2. The molecule has 1 aliphatic rings. The van der Waals surface area contributed by atoms with Gasteiger partial charge in [0.25, 0.3) is 11.8 Å². The number of carbonyl (C=O) groups is 3. The van der Waals surface area contributed by atoms with Crippen molar-refractivity contribution in [3.8, 4) is 0 Å². The molecule has 0 N–H and O–H groups in total. The van der Waals surface area contributed by atoms with E-state index in [1.54, 1.807) is 30.3 Å². The highest BCUT2D eigenvalue weighted by Gasteiger charge is 2.39. The van der Waals surface area contributed by atoms with Crippen LogP contribution in [0.3, 0.4) is 0 Å². The minimum absolute atomic E-state index is 0.122. The second-order valence-corrected chi connectivity index (χ2v) is 4.91. The van der Waals surface area contributed by atoms with Gasteiger partial charge in [-0.3, -0.25) is 9.59 Å². The Bertz CT molecular complexity index is 941. The Morgan fingerprint density at radius 3 is 2.30 bits per heavy atom. The Morgan fingerprint density at radius 1 is 0.913 bits per heavy atom. The predicted octanol–water partition coefficient (Wildman–Crippen LogP) is 1.70. The number of hydrogen-bond acceptors (Lipinski definition) is 5. The van der Waals surface area contributed by atoms with Crippen LogP contribution < -0.4 is 0 Å². The van der Waals surface area contributed by atoms with Gasteiger partial charge in [-0.15, -0.1) is 0 Å². The fourth-order valence-electron chi connectivity index (χ4n) is 2.48. The van der Waals surface area contributed by atoms with E-state index in [1.807, 2.05) is 0 Å². The van der Waals surface area contributed by atoms with Crippen LogP contribution in [0.1, 0.15) is 31.2 Å². The topological polar surface area (TPSA) is 81.0 Å². The zero-order chi connectivity index (χ0) is 16.0. The molecule has 0 spiro atoms. The van der Waals surface area contributed by atoms with Gasteiger partial charge in [0.15, 0.2) is 5.69 Å². The highest BCUT2D eigenvalue weighted by molar-refractivity contribution is 6.21. The molecule has 0 atom stereocenters. The molecular formula is C16H9N3O4. The van der Waals surface area contributed by atoms with Crippen LogP contribution >= 0.6 is 0 Å². The summed E-state index contributed by atoms with van der Waals surface area (Å²) in [6, 6.07) is 13.0. The van der Waals surface area contributed by atoms with Gasteiger partial charge in [0.1, 0.15) is 0 Å². The lowest BCUT2D eigenvalue weighted by Crippen LogP contribution is -2.33. The van der Waals surface area contributed by atoms with Gasteiger partial charge in [0.05, 0.1) is 16.6 Å². The van der Waals surface area contributed by atoms with Crippen LogP contribution in [0.4, 0.5) is 0 Å². The molecule has 1 aromatic carbocycles. The van der Waals surface area contributed by atoms with Crippen LogP contribution in [0.5, 0.6) is 0 Å². The van der Waals surface area contributed by atoms with Crippen LogP contribution in [-0.4, -0.2) is 32.5 Å². The number of nitrogens with zero attached hydrogens (tertiary/aromatic N) is 3. The molecule has 0 unspecified atom stereocenters. The molecule has 0 saturated carbocycles. The van der Waals surface area contributed by atoms with E-state index in [9.17, 15) is 14.4 Å². The van der Waals surface area contributed by atoms with Crippen LogP contribution in [-0.2, 0) is 4.84 Å². The third kappa shape index (κ3) is 1.90. The fraction of sp³-hybridized carbons (Fsp3) is 0. The van der Waals surface area contributed by atoms with Crippen LogP contribution in [0, 0.1) is 0 Å². The van der Waals surface area contributed by atoms with Crippen LogP contribution in [0.15, 0.2) is 54.7 Å². The number of benzene rings is 1. The molecule has 0 radical (unpaired) electrons. The molecule has 1 aliphatic heterocycles. The minimum Gasteiger partial charge on any atom is -0.323 e. The lowest BCUT2D eigenvalue weighted by atomic mass is 10.1. The molecule has 0 bridgehead atoms. The van der Waals surface area contributed by atoms with Crippen molar-refractivity contribution in [1.29, 1.82) is 0 Å². The van der Waals surface area contributed by atoms with Crippen molar-refractivity contribution in [1.82, 2.24) is 14.7 Å². The van der Waals surface area contributed by atoms with Crippen molar-refractivity contribution in [2.75, 3.05) is 0 Å². The van der Waals surface area contributed by atoms with Crippen molar-refractivity contribution < 1.29 is 19.2 Å². The zero-order valence-corrected chi connectivity index (χ0v) is 11.7. The molecule has 7 heteroatoms. The number of hydrogen-bond donors (Lipinski definition) is 0. The van der Waals surface area contributed by atoms with Crippen molar-refractivity contribution in [2.24, 2.45) is 0 Å². The Labute approximate surface area is 129 Å². The number of carbonyl (C=O) groups excluding carboxylic acids is 3. The number of rotatable bonds is 2. The van der Waals surface area contributed by atoms with Crippen LogP contribution in [0.2, 0.25) is 0 Å². The molecule has 7 nitrogen and oxygen atoms in total. The average Bonchev–Trinajstić information content (AvgIpc) is 3.11. The van der Waals surface area contributed by atoms with E-state index < -0.39 is 17.8 Å². The van der Waals surface area contributed by atoms with E-state index in [-0.39, 0.29) is 16.8 Å². The molecular weight excluding hydrogens is 298 g/mol. The first-order valence-electron chi connectivity index (χ1n) is 6.80. The van der Waals surface area contributed by atoms with Gasteiger partial charge in [-0.2, -0.15) is 5.10 Å². The summed E-state index contributed by atoms with van der Waals surface area (Å²) in [5.74, 6) is -2.15. The van der Waals surface area contributed by atoms with Gasteiger partial charge >= 0.3 is 5.97 Å². The smallest absolute Gasteiger partial charge is 0.323 e. The Balaban J connectivity index is 1.65. The second-order valence-electron chi connectivity index (χ2n) is 4.91. The SMILES string of the molecule is O=C(ON1C(=O)c2ccccc2C1=O)c1ccc2cccnn12. The Hall–Kier alpha value is -3.48. The van der Waals surface area contributed by atoms with E-state index in [4.69, 9.17) is 4.84 Å². The summed E-state index contributed by atoms with van der Waals surface area (Å²) < 4.78 is 1.38. The molecule has 0 fully saturated rings. The molecule has 0 aliphatic carbocycles. The summed E-state index contributed by atoms with van der Waals surface area (Å²) in [4.78, 5) is 41.7. The third-order valence-corrected chi connectivity index (χ3v) is 3.56. The normalized spacial score (nSPS) is 13.5. The molecule has 3 aromatic rings. The van der Waals surface area contributed by atoms with E-state index in [1.165, 1.54) is 28.9 Å². The van der Waals surface area contributed by atoms with Gasteiger partial charge in [-0.25, -0.2) is 9.31 Å². The first-order chi connectivity index (χ1) is 11.2. The van der Waals surface area contributed by atoms with E-state index >= 15 is 0 Å². The highest BCUT2D eigenvalue weighted by atomic mass is 16.7. The summed E-state index contributed by atoms with van der Waals surface area (Å²) in [5, 5.41) is 4.52. The first-order valence-corrected chi connectivity index (χ1v) is 6.80. The highest BCUT2D eigenvalue weighted by Crippen LogP contribution is 2.23. The number of fused-ring (bicyclic) bond motifs is 2. The van der Waals surface area contributed by atoms with Crippen molar-refractivity contribution in [3.05, 3.63) is 71.5 Å². The maximum absolute atomic E-state index is 12.3. The minimum atomic E-state index is -0.835. The third-order valence-electron chi connectivity index (χ3n) is 3.56. The Morgan fingerprint density at radius 2 is 1.61 bits per heavy atom. The van der Waals surface area contributed by atoms with E-state index in [0.29, 0.717) is 10.6 Å². The molecule has 2 aromatic heterocycles. The molecule has 23 heavy (non-hydrogen) atoms. The van der Waals surface area contributed by atoms with E-state index in [0.717, 1.165) is 0 Å². The van der Waals surface area contributed by atoms with Crippen molar-refractivity contribution >= 4 is 23.3 Å². The largest absolute Gasteiger partial charge is 0.382 e. The predicted molar refractivity (Wildman–Crippen MR) is 77.5 cm³/mol. The molecule has 0 saturated heterocycles. The standard InChI is InChI=1S/C16H9N3O4/c20-14-11-5-1-2-6-12(11)15(21)19(14)23-16(22)13-8-7-10-4-3-9-17-18(10)13/h1-9H. The quantitative estimate of drug-likeness (QED) is 0.673. The summed E-state index contributed by atoms with van der Waals surface area (Å²) >= 11 is 0. The number of aromatic nitrogens is 2. The summed E-state index contributed by atoms with van der Waals surface area (Å²) in [5.41, 5.74) is 1.24. The fourth-order valence-corrected chi connectivity index (χ4v) is 2.48.